The molecule has 0 bridgehead atoms. The monoisotopic (exact) mass is 242 g/mol. The highest BCUT2D eigenvalue weighted by Gasteiger charge is 2.32. The first-order chi connectivity index (χ1) is 7.59. The van der Waals surface area contributed by atoms with Crippen LogP contribution in [0.25, 0.3) is 0 Å². The fourth-order valence-electron chi connectivity index (χ4n) is 1.61. The van der Waals surface area contributed by atoms with Gasteiger partial charge in [-0.1, -0.05) is 20.8 Å². The molecule has 0 amide bonds. The van der Waals surface area contributed by atoms with Crippen molar-refractivity contribution in [2.24, 2.45) is 0 Å². The lowest BCUT2D eigenvalue weighted by Gasteiger charge is -2.23. The van der Waals surface area contributed by atoms with E-state index in [0.29, 0.717) is 0 Å². The van der Waals surface area contributed by atoms with Crippen molar-refractivity contribution in [2.45, 2.75) is 26.2 Å². The number of carboxylic acids is 1. The number of aromatic hydroxyl groups is 4. The largest absolute Gasteiger partial charge is 0.506 e. The third-order valence-corrected chi connectivity index (χ3v) is 2.36. The van der Waals surface area contributed by atoms with E-state index in [9.17, 15) is 25.2 Å². The molecule has 0 unspecified atom stereocenters. The van der Waals surface area contributed by atoms with E-state index in [1.165, 1.54) is 0 Å². The van der Waals surface area contributed by atoms with Gasteiger partial charge in [0.25, 0.3) is 0 Å². The summed E-state index contributed by atoms with van der Waals surface area (Å²) in [6.45, 7) is 4.84. The van der Waals surface area contributed by atoms with Crippen LogP contribution in [0, 0.1) is 0 Å². The molecule has 0 fully saturated rings. The Bertz CT molecular complexity index is 484. The molecular weight excluding hydrogens is 228 g/mol. The lowest BCUT2D eigenvalue weighted by atomic mass is 9.84. The Labute approximate surface area is 97.4 Å². The molecule has 6 heteroatoms. The van der Waals surface area contributed by atoms with Gasteiger partial charge in [-0.2, -0.15) is 0 Å². The smallest absolute Gasteiger partial charge is 0.343 e. The first-order valence-corrected chi connectivity index (χ1v) is 4.82. The van der Waals surface area contributed by atoms with Gasteiger partial charge in [-0.15, -0.1) is 0 Å². The second kappa shape index (κ2) is 3.73. The van der Waals surface area contributed by atoms with Crippen LogP contribution >= 0.6 is 0 Å². The fourth-order valence-corrected chi connectivity index (χ4v) is 1.61. The van der Waals surface area contributed by atoms with Gasteiger partial charge in [-0.05, 0) is 5.41 Å². The summed E-state index contributed by atoms with van der Waals surface area (Å²) < 4.78 is 0. The van der Waals surface area contributed by atoms with Crippen LogP contribution in [0.1, 0.15) is 36.7 Å². The van der Waals surface area contributed by atoms with Gasteiger partial charge >= 0.3 is 5.97 Å². The van der Waals surface area contributed by atoms with Crippen molar-refractivity contribution in [1.29, 1.82) is 0 Å². The molecule has 0 aliphatic carbocycles. The van der Waals surface area contributed by atoms with E-state index >= 15 is 0 Å². The Kier molecular flexibility index (Phi) is 2.84. The van der Waals surface area contributed by atoms with Gasteiger partial charge in [0.2, 0.25) is 5.75 Å². The molecule has 0 saturated carbocycles. The van der Waals surface area contributed by atoms with Gasteiger partial charge in [0.05, 0.1) is 0 Å². The predicted octanol–water partition coefficient (Wildman–Crippen LogP) is 1.50. The standard InChI is InChI=1S/C11H14O6/c1-11(2,3)5-6(12)4(10(16)17)7(13)9(15)8(5)14/h12-15H,1-3H3,(H,16,17). The predicted molar refractivity (Wildman–Crippen MR) is 58.8 cm³/mol. The Morgan fingerprint density at radius 1 is 0.882 bits per heavy atom. The second-order valence-corrected chi connectivity index (χ2v) is 4.70. The number of phenolic OH excluding ortho intramolecular Hbond substituents is 2. The second-order valence-electron chi connectivity index (χ2n) is 4.70. The highest BCUT2D eigenvalue weighted by Crippen LogP contribution is 2.50. The van der Waals surface area contributed by atoms with E-state index in [2.05, 4.69) is 0 Å². The summed E-state index contributed by atoms with van der Waals surface area (Å²) in [5.74, 6) is -5.08. The molecule has 0 heterocycles. The van der Waals surface area contributed by atoms with E-state index in [4.69, 9.17) is 5.11 Å². The first kappa shape index (κ1) is 13.0. The molecule has 17 heavy (non-hydrogen) atoms. The van der Waals surface area contributed by atoms with E-state index in [-0.39, 0.29) is 5.56 Å². The minimum atomic E-state index is -1.60. The Morgan fingerprint density at radius 2 is 1.35 bits per heavy atom. The summed E-state index contributed by atoms with van der Waals surface area (Å²) in [6, 6.07) is 0. The molecular formula is C11H14O6. The van der Waals surface area contributed by atoms with Gasteiger partial charge in [0, 0.05) is 5.56 Å². The van der Waals surface area contributed by atoms with Crippen LogP contribution in [-0.2, 0) is 5.41 Å². The molecule has 0 atom stereocenters. The molecule has 1 rings (SSSR count). The summed E-state index contributed by atoms with van der Waals surface area (Å²) in [6.07, 6.45) is 0. The lowest BCUT2D eigenvalue weighted by Crippen LogP contribution is -2.14. The molecule has 1 aromatic carbocycles. The summed E-state index contributed by atoms with van der Waals surface area (Å²) in [4.78, 5) is 10.9. The minimum absolute atomic E-state index is 0.134. The normalized spacial score (nSPS) is 11.5. The first-order valence-electron chi connectivity index (χ1n) is 4.82. The molecule has 0 radical (unpaired) electrons. The van der Waals surface area contributed by atoms with Gasteiger partial charge in [0.1, 0.15) is 11.3 Å². The van der Waals surface area contributed by atoms with Crippen molar-refractivity contribution in [1.82, 2.24) is 0 Å². The van der Waals surface area contributed by atoms with Crippen LogP contribution < -0.4 is 0 Å². The van der Waals surface area contributed by atoms with Crippen LogP contribution in [0.15, 0.2) is 0 Å². The molecule has 94 valence electrons. The van der Waals surface area contributed by atoms with Crippen molar-refractivity contribution in [3.05, 3.63) is 11.1 Å². The highest BCUT2D eigenvalue weighted by molar-refractivity contribution is 5.96. The van der Waals surface area contributed by atoms with E-state index in [0.717, 1.165) is 0 Å². The topological polar surface area (TPSA) is 118 Å². The SMILES string of the molecule is CC(C)(C)c1c(O)c(O)c(O)c(C(=O)O)c1O. The van der Waals surface area contributed by atoms with E-state index < -0.39 is 39.9 Å². The average molecular weight is 242 g/mol. The lowest BCUT2D eigenvalue weighted by molar-refractivity contribution is 0.0689. The number of rotatable bonds is 1. The van der Waals surface area contributed by atoms with Crippen LogP contribution in [-0.4, -0.2) is 31.5 Å². The third kappa shape index (κ3) is 1.93. The van der Waals surface area contributed by atoms with Gasteiger partial charge < -0.3 is 25.5 Å². The van der Waals surface area contributed by atoms with Gasteiger partial charge in [0.15, 0.2) is 11.5 Å². The molecule has 6 nitrogen and oxygen atoms in total. The van der Waals surface area contributed by atoms with Crippen LogP contribution in [0.4, 0.5) is 0 Å². The van der Waals surface area contributed by atoms with Crippen molar-refractivity contribution < 1.29 is 30.3 Å². The number of benzene rings is 1. The number of hydrogen-bond donors (Lipinski definition) is 5. The van der Waals surface area contributed by atoms with Crippen LogP contribution in [0.3, 0.4) is 0 Å². The highest BCUT2D eigenvalue weighted by atomic mass is 16.4. The van der Waals surface area contributed by atoms with Gasteiger partial charge in [-0.3, -0.25) is 0 Å². The average Bonchev–Trinajstić information content (AvgIpc) is 2.11. The number of aromatic carboxylic acids is 1. The van der Waals surface area contributed by atoms with Crippen LogP contribution in [0.5, 0.6) is 23.0 Å². The van der Waals surface area contributed by atoms with Crippen molar-refractivity contribution in [2.75, 3.05) is 0 Å². The Hall–Kier alpha value is -2.11. The molecule has 0 saturated heterocycles. The third-order valence-electron chi connectivity index (χ3n) is 2.36. The summed E-state index contributed by atoms with van der Waals surface area (Å²) in [5.41, 5.74) is -1.76. The van der Waals surface area contributed by atoms with Crippen LogP contribution in [0.2, 0.25) is 0 Å². The zero-order chi connectivity index (χ0) is 13.5. The molecule has 0 spiro atoms. The summed E-state index contributed by atoms with van der Waals surface area (Å²) >= 11 is 0. The number of hydrogen-bond acceptors (Lipinski definition) is 5. The van der Waals surface area contributed by atoms with Gasteiger partial charge in [-0.25, -0.2) is 4.79 Å². The van der Waals surface area contributed by atoms with Crippen molar-refractivity contribution in [3.8, 4) is 23.0 Å². The molecule has 1 aromatic rings. The zero-order valence-electron chi connectivity index (χ0n) is 9.64. The minimum Gasteiger partial charge on any atom is -0.506 e. The number of carbonyl (C=O) groups is 1. The summed E-state index contributed by atoms with van der Waals surface area (Å²) in [7, 11) is 0. The molecule has 0 aliphatic rings. The van der Waals surface area contributed by atoms with E-state index in [1.54, 1.807) is 20.8 Å². The maximum Gasteiger partial charge on any atom is 0.343 e. The molecule has 0 aromatic heterocycles. The zero-order valence-corrected chi connectivity index (χ0v) is 9.64. The quantitative estimate of drug-likeness (QED) is 0.376. The van der Waals surface area contributed by atoms with Crippen molar-refractivity contribution >= 4 is 5.97 Å². The van der Waals surface area contributed by atoms with Crippen molar-refractivity contribution in [3.63, 3.8) is 0 Å². The number of phenols is 4. The number of carboxylic acid groups (broad SMARTS) is 1. The molecule has 0 aliphatic heterocycles. The Balaban J connectivity index is 3.81. The summed E-state index contributed by atoms with van der Waals surface area (Å²) in [5, 5.41) is 47.0. The maximum absolute atomic E-state index is 10.9. The Morgan fingerprint density at radius 3 is 1.71 bits per heavy atom. The maximum atomic E-state index is 10.9. The van der Waals surface area contributed by atoms with E-state index in [1.807, 2.05) is 0 Å². The molecule has 5 N–H and O–H groups in total. The fraction of sp³-hybridized carbons (Fsp3) is 0.364.